The van der Waals surface area contributed by atoms with Gasteiger partial charge < -0.3 is 69.9 Å². The van der Waals surface area contributed by atoms with Gasteiger partial charge in [-0.25, -0.2) is 4.84 Å². The average Bonchev–Trinajstić information content (AvgIpc) is 4.36. The molecule has 0 aromatic heterocycles. The molecule has 9 amide bonds. The molecule has 5 rings (SSSR count). The monoisotopic (exact) mass is 1180 g/mol. The molecule has 0 aliphatic carbocycles. The maximum absolute atomic E-state index is 14.7. The zero-order valence-electron chi connectivity index (χ0n) is 47.6. The van der Waals surface area contributed by atoms with Crippen LogP contribution in [0.25, 0.3) is 0 Å². The van der Waals surface area contributed by atoms with Crippen LogP contribution >= 0.6 is 0 Å². The predicted molar refractivity (Wildman–Crippen MR) is 312 cm³/mol. The van der Waals surface area contributed by atoms with Crippen molar-refractivity contribution in [1.29, 1.82) is 0 Å². The Balaban J connectivity index is 1.41. The van der Waals surface area contributed by atoms with Gasteiger partial charge in [0.05, 0.1) is 0 Å². The predicted octanol–water partition coefficient (Wildman–Crippen LogP) is -0.575. The fourth-order valence-corrected chi connectivity index (χ4v) is 9.23. The zero-order chi connectivity index (χ0) is 61.7. The SMILES string of the molecule is CC(=O)N[C@@H](Cc1ccccc1)C(=O)N[C@@H](CCCCN)C(=O)N[C@@H](Cc1ccccc1)C(=O)N[C@@H](CCC(=O)O)C(=O)N[C@@H](Cc1ccccc1)C(=O)N[C@@H](CCCCN)C(=O)N[C@@H](Cc1ccccc1)C(=O)N[C@@H](CC[C@@]1(O)NO1)C(N)=O. The van der Waals surface area contributed by atoms with Gasteiger partial charge in [0, 0.05) is 45.4 Å². The van der Waals surface area contributed by atoms with E-state index in [9.17, 15) is 58.2 Å². The molecule has 1 fully saturated rings. The lowest BCUT2D eigenvalue weighted by molar-refractivity contribution is -0.138. The number of carboxylic acids is 1. The van der Waals surface area contributed by atoms with E-state index in [1.807, 2.05) is 0 Å². The number of nitrogens with two attached hydrogens (primary N) is 3. The number of amides is 9. The van der Waals surface area contributed by atoms with Crippen molar-refractivity contribution >= 4 is 59.1 Å². The quantitative estimate of drug-likeness (QED) is 0.0197. The van der Waals surface area contributed by atoms with Crippen LogP contribution in [0.3, 0.4) is 0 Å². The second-order valence-electron chi connectivity index (χ2n) is 20.9. The zero-order valence-corrected chi connectivity index (χ0v) is 47.6. The number of aliphatic carboxylic acids is 1. The van der Waals surface area contributed by atoms with E-state index in [2.05, 4.69) is 48.0 Å². The lowest BCUT2D eigenvalue weighted by atomic mass is 10.0. The van der Waals surface area contributed by atoms with Gasteiger partial charge in [0.1, 0.15) is 48.3 Å². The van der Waals surface area contributed by atoms with E-state index < -0.39 is 126 Å². The molecule has 4 aromatic carbocycles. The number of carbonyl (C=O) groups excluding carboxylic acids is 9. The highest BCUT2D eigenvalue weighted by molar-refractivity contribution is 5.98. The minimum Gasteiger partial charge on any atom is -0.481 e. The van der Waals surface area contributed by atoms with Crippen molar-refractivity contribution < 1.29 is 63.0 Å². The van der Waals surface area contributed by atoms with Crippen molar-refractivity contribution in [2.75, 3.05) is 13.1 Å². The third-order valence-corrected chi connectivity index (χ3v) is 13.9. The Morgan fingerprint density at radius 3 is 1.00 bits per heavy atom. The van der Waals surface area contributed by atoms with Gasteiger partial charge in [0.2, 0.25) is 53.2 Å². The smallest absolute Gasteiger partial charge is 0.303 e. The number of primary amides is 1. The lowest BCUT2D eigenvalue weighted by Crippen LogP contribution is -2.61. The number of carboxylic acid groups (broad SMARTS) is 1. The van der Waals surface area contributed by atoms with Gasteiger partial charge in [-0.05, 0) is 86.7 Å². The first-order valence-electron chi connectivity index (χ1n) is 28.4. The molecule has 0 saturated carbocycles. The Hall–Kier alpha value is -8.62. The summed E-state index contributed by atoms with van der Waals surface area (Å²) in [7, 11) is 0. The highest BCUT2D eigenvalue weighted by Gasteiger charge is 2.44. The van der Waals surface area contributed by atoms with Crippen LogP contribution in [-0.2, 0) is 78.5 Å². The molecule has 9 atom stereocenters. The first kappa shape index (κ1) is 67.2. The number of benzene rings is 4. The van der Waals surface area contributed by atoms with Crippen LogP contribution in [0.4, 0.5) is 0 Å². The molecule has 0 spiro atoms. The molecule has 85 heavy (non-hydrogen) atoms. The molecule has 1 aliphatic rings. The number of nitrogens with one attached hydrogen (secondary N) is 9. The molecule has 17 N–H and O–H groups in total. The molecule has 0 unspecified atom stereocenters. The molecule has 0 bridgehead atoms. The van der Waals surface area contributed by atoms with Crippen LogP contribution < -0.4 is 65.2 Å². The number of hydrogen-bond donors (Lipinski definition) is 14. The van der Waals surface area contributed by atoms with Crippen LogP contribution in [0, 0.1) is 0 Å². The van der Waals surface area contributed by atoms with E-state index in [1.54, 1.807) is 121 Å². The summed E-state index contributed by atoms with van der Waals surface area (Å²) in [5.74, 6) is -10.3. The van der Waals surface area contributed by atoms with Crippen LogP contribution in [0.2, 0.25) is 0 Å². The van der Waals surface area contributed by atoms with Crippen LogP contribution in [0.5, 0.6) is 0 Å². The molecular formula is C60H80N12O13. The van der Waals surface area contributed by atoms with E-state index >= 15 is 0 Å². The van der Waals surface area contributed by atoms with Gasteiger partial charge in [-0.15, -0.1) is 5.48 Å². The van der Waals surface area contributed by atoms with E-state index in [-0.39, 0.29) is 64.5 Å². The molecule has 4 aromatic rings. The van der Waals surface area contributed by atoms with Gasteiger partial charge in [0.15, 0.2) is 0 Å². The number of rotatable bonds is 38. The second-order valence-corrected chi connectivity index (χ2v) is 20.9. The molecular weight excluding hydrogens is 1100 g/mol. The Morgan fingerprint density at radius 2 is 0.718 bits per heavy atom. The molecule has 458 valence electrons. The number of unbranched alkanes of at least 4 members (excludes halogenated alkanes) is 2. The Bertz CT molecular complexity index is 2830. The minimum absolute atomic E-state index is 0.00287. The van der Waals surface area contributed by atoms with E-state index in [0.29, 0.717) is 42.4 Å². The molecule has 25 nitrogen and oxygen atoms in total. The largest absolute Gasteiger partial charge is 0.481 e. The summed E-state index contributed by atoms with van der Waals surface area (Å²) >= 11 is 0. The molecule has 0 radical (unpaired) electrons. The Kier molecular flexibility index (Phi) is 27.5. The fraction of sp³-hybridized carbons (Fsp3) is 0.433. The van der Waals surface area contributed by atoms with Crippen molar-refractivity contribution in [2.24, 2.45) is 17.2 Å². The third kappa shape index (κ3) is 24.2. The summed E-state index contributed by atoms with van der Waals surface area (Å²) in [4.78, 5) is 142. The first-order chi connectivity index (χ1) is 40.8. The lowest BCUT2D eigenvalue weighted by Gasteiger charge is -2.28. The minimum atomic E-state index is -1.69. The Morgan fingerprint density at radius 1 is 0.435 bits per heavy atom. The van der Waals surface area contributed by atoms with Gasteiger partial charge in [-0.1, -0.05) is 121 Å². The molecule has 1 heterocycles. The highest BCUT2D eigenvalue weighted by Crippen LogP contribution is 2.22. The van der Waals surface area contributed by atoms with Crippen molar-refractivity contribution in [3.05, 3.63) is 144 Å². The van der Waals surface area contributed by atoms with Crippen molar-refractivity contribution in [2.45, 2.75) is 151 Å². The van der Waals surface area contributed by atoms with Crippen LogP contribution in [0.1, 0.15) is 93.4 Å². The molecule has 25 heteroatoms. The topological polar surface area (TPSA) is 420 Å². The normalized spacial score (nSPS) is 16.2. The van der Waals surface area contributed by atoms with Crippen molar-refractivity contribution in [3.63, 3.8) is 0 Å². The van der Waals surface area contributed by atoms with E-state index in [0.717, 1.165) is 5.56 Å². The summed E-state index contributed by atoms with van der Waals surface area (Å²) < 4.78 is 0. The van der Waals surface area contributed by atoms with Gasteiger partial charge in [-0.2, -0.15) is 0 Å². The van der Waals surface area contributed by atoms with Crippen LogP contribution in [-0.4, -0.2) is 137 Å². The first-order valence-corrected chi connectivity index (χ1v) is 28.4. The number of hydrogen-bond acceptors (Lipinski definition) is 15. The summed E-state index contributed by atoms with van der Waals surface area (Å²) in [5.41, 5.74) is 22.0. The van der Waals surface area contributed by atoms with Gasteiger partial charge in [-0.3, -0.25) is 47.9 Å². The standard InChI is InChI=1S/C60H80N12O13/c1-38(73)64-47(34-39-18-6-2-7-19-39)56(80)66-44(26-14-16-32-61)53(77)70-50(37-42-24-12-5-13-25-42)59(83)68-46(28-29-51(74)75)55(79)71-49(36-41-22-10-4-11-23-41)58(82)67-45(27-15-17-33-62)54(78)69-48(35-40-20-8-3-9-21-40)57(81)65-43(52(63)76)30-31-60(84)72-85-60/h2-13,18-25,43-50,72,84H,14-17,26-37,61-62H2,1H3,(H2,63,76)(H,64,73)(H,65,81)(H,66,80)(H,67,82)(H,68,83)(H,69,78)(H,70,77)(H,71,79)(H,74,75)/t43-,44-,45-,46-,47-,48-,49-,50-,60-/m0/s1. The summed E-state index contributed by atoms with van der Waals surface area (Å²) in [5, 5.41) is 41.4. The number of aliphatic hydroxyl groups is 1. The van der Waals surface area contributed by atoms with Gasteiger partial charge >= 0.3 is 5.97 Å². The van der Waals surface area contributed by atoms with Crippen molar-refractivity contribution in [3.8, 4) is 0 Å². The second kappa shape index (κ2) is 34.9. The number of hydroxylamine groups is 1. The maximum Gasteiger partial charge on any atom is 0.303 e. The molecule has 1 aliphatic heterocycles. The summed E-state index contributed by atoms with van der Waals surface area (Å²) in [6, 6.07) is 23.8. The molecule has 1 saturated heterocycles. The summed E-state index contributed by atoms with van der Waals surface area (Å²) in [6.45, 7) is 1.78. The maximum atomic E-state index is 14.7. The van der Waals surface area contributed by atoms with E-state index in [4.69, 9.17) is 22.0 Å². The van der Waals surface area contributed by atoms with Crippen LogP contribution in [0.15, 0.2) is 121 Å². The third-order valence-electron chi connectivity index (χ3n) is 13.9. The van der Waals surface area contributed by atoms with Gasteiger partial charge in [0.25, 0.3) is 5.91 Å². The van der Waals surface area contributed by atoms with E-state index in [1.165, 1.54) is 6.92 Å². The average molecular weight is 1180 g/mol. The highest BCUT2D eigenvalue weighted by atomic mass is 16.9. The number of carbonyl (C=O) groups is 10. The van der Waals surface area contributed by atoms with Crippen molar-refractivity contribution in [1.82, 2.24) is 48.0 Å². The Labute approximate surface area is 493 Å². The summed E-state index contributed by atoms with van der Waals surface area (Å²) in [6.07, 6.45) is 0.0428. The fourth-order valence-electron chi connectivity index (χ4n) is 9.23.